The highest BCUT2D eigenvalue weighted by Gasteiger charge is 2.14. The summed E-state index contributed by atoms with van der Waals surface area (Å²) in [4.78, 5) is 8.47. The van der Waals surface area contributed by atoms with E-state index in [-0.39, 0.29) is 0 Å². The number of hydrogen-bond acceptors (Lipinski definition) is 5. The van der Waals surface area contributed by atoms with Gasteiger partial charge in [0.2, 0.25) is 5.88 Å². The van der Waals surface area contributed by atoms with Crippen LogP contribution in [0.3, 0.4) is 0 Å². The van der Waals surface area contributed by atoms with Crippen molar-refractivity contribution < 1.29 is 9.47 Å². The first-order chi connectivity index (χ1) is 8.78. The molecular formula is C13H21N3O2. The second-order valence-corrected chi connectivity index (χ2v) is 4.56. The van der Waals surface area contributed by atoms with Crippen molar-refractivity contribution in [2.45, 2.75) is 26.7 Å². The molecule has 5 heteroatoms. The Bertz CT molecular complexity index is 378. The summed E-state index contributed by atoms with van der Waals surface area (Å²) in [5.74, 6) is 1.31. The number of aromatic nitrogens is 2. The topological polar surface area (TPSA) is 56.3 Å². The Morgan fingerprint density at radius 1 is 1.39 bits per heavy atom. The molecule has 1 unspecified atom stereocenters. The summed E-state index contributed by atoms with van der Waals surface area (Å²) < 4.78 is 11.0. The molecule has 2 rings (SSSR count). The van der Waals surface area contributed by atoms with Gasteiger partial charge in [0.05, 0.1) is 13.2 Å². The molecule has 0 bridgehead atoms. The molecule has 0 spiro atoms. The van der Waals surface area contributed by atoms with E-state index in [1.165, 1.54) is 6.42 Å². The maximum absolute atomic E-state index is 5.61. The zero-order chi connectivity index (χ0) is 12.8. The number of nitrogens with zero attached hydrogens (tertiary/aromatic N) is 2. The fraction of sp³-hybridized carbons (Fsp3) is 0.692. The van der Waals surface area contributed by atoms with Crippen LogP contribution in [-0.2, 0) is 0 Å². The molecule has 0 radical (unpaired) electrons. The van der Waals surface area contributed by atoms with Crippen molar-refractivity contribution >= 4 is 0 Å². The van der Waals surface area contributed by atoms with Crippen LogP contribution in [0.1, 0.15) is 25.5 Å². The molecule has 1 aromatic heterocycles. The quantitative estimate of drug-likeness (QED) is 0.831. The van der Waals surface area contributed by atoms with Crippen molar-refractivity contribution in [1.82, 2.24) is 15.3 Å². The molecule has 18 heavy (non-hydrogen) atoms. The highest BCUT2D eigenvalue weighted by molar-refractivity contribution is 5.17. The second kappa shape index (κ2) is 6.54. The molecule has 1 aromatic rings. The molecule has 0 amide bonds. The monoisotopic (exact) mass is 251 g/mol. The van der Waals surface area contributed by atoms with Crippen LogP contribution in [0.5, 0.6) is 11.9 Å². The normalized spacial score (nSPS) is 18.9. The Labute approximate surface area is 108 Å². The van der Waals surface area contributed by atoms with E-state index in [1.54, 1.807) is 0 Å². The molecule has 0 aliphatic carbocycles. The molecule has 1 aliphatic rings. The summed E-state index contributed by atoms with van der Waals surface area (Å²) in [5.41, 5.74) is 0.867. The standard InChI is InChI=1S/C13H21N3O2/c1-3-17-12-8-10(2)15-13(16-12)18-7-5-11-4-6-14-9-11/h8,11,14H,3-7,9H2,1-2H3. The lowest BCUT2D eigenvalue weighted by molar-refractivity contribution is 0.254. The average molecular weight is 251 g/mol. The SMILES string of the molecule is CCOc1cc(C)nc(OCCC2CCNC2)n1. The first-order valence-corrected chi connectivity index (χ1v) is 6.60. The van der Waals surface area contributed by atoms with Gasteiger partial charge >= 0.3 is 6.01 Å². The van der Waals surface area contributed by atoms with Crippen molar-refractivity contribution in [3.63, 3.8) is 0 Å². The van der Waals surface area contributed by atoms with Crippen LogP contribution in [-0.4, -0.2) is 36.3 Å². The van der Waals surface area contributed by atoms with Gasteiger partial charge in [0.25, 0.3) is 0 Å². The van der Waals surface area contributed by atoms with Gasteiger partial charge in [0.15, 0.2) is 0 Å². The molecule has 1 aliphatic heterocycles. The summed E-state index contributed by atoms with van der Waals surface area (Å²) >= 11 is 0. The zero-order valence-corrected chi connectivity index (χ0v) is 11.1. The van der Waals surface area contributed by atoms with Crippen LogP contribution >= 0.6 is 0 Å². The third kappa shape index (κ3) is 3.84. The average Bonchev–Trinajstić information content (AvgIpc) is 2.82. The molecule has 1 N–H and O–H groups in total. The number of rotatable bonds is 6. The van der Waals surface area contributed by atoms with Crippen LogP contribution in [0.25, 0.3) is 0 Å². The Kier molecular flexibility index (Phi) is 4.75. The fourth-order valence-corrected chi connectivity index (χ4v) is 2.08. The van der Waals surface area contributed by atoms with E-state index in [2.05, 4.69) is 15.3 Å². The molecule has 1 saturated heterocycles. The van der Waals surface area contributed by atoms with E-state index in [0.29, 0.717) is 25.1 Å². The van der Waals surface area contributed by atoms with Crippen molar-refractivity contribution in [2.24, 2.45) is 5.92 Å². The number of hydrogen-bond donors (Lipinski definition) is 1. The lowest BCUT2D eigenvalue weighted by Crippen LogP contribution is -2.12. The van der Waals surface area contributed by atoms with Crippen LogP contribution in [0.4, 0.5) is 0 Å². The third-order valence-corrected chi connectivity index (χ3v) is 3.02. The van der Waals surface area contributed by atoms with Crippen molar-refractivity contribution in [2.75, 3.05) is 26.3 Å². The van der Waals surface area contributed by atoms with Crippen LogP contribution in [0, 0.1) is 12.8 Å². The summed E-state index contributed by atoms with van der Waals surface area (Å²) in [5, 5.41) is 3.35. The Balaban J connectivity index is 1.83. The van der Waals surface area contributed by atoms with Crippen LogP contribution in [0.2, 0.25) is 0 Å². The molecule has 0 saturated carbocycles. The van der Waals surface area contributed by atoms with Gasteiger partial charge in [-0.1, -0.05) is 0 Å². The predicted octanol–water partition coefficient (Wildman–Crippen LogP) is 1.56. The largest absolute Gasteiger partial charge is 0.478 e. The highest BCUT2D eigenvalue weighted by Crippen LogP contribution is 2.16. The number of aryl methyl sites for hydroxylation is 1. The van der Waals surface area contributed by atoms with Crippen molar-refractivity contribution in [3.8, 4) is 11.9 Å². The molecule has 2 heterocycles. The van der Waals surface area contributed by atoms with Crippen molar-refractivity contribution in [1.29, 1.82) is 0 Å². The predicted molar refractivity (Wildman–Crippen MR) is 69.0 cm³/mol. The maximum atomic E-state index is 5.61. The van der Waals surface area contributed by atoms with Gasteiger partial charge in [-0.25, -0.2) is 4.98 Å². The van der Waals surface area contributed by atoms with Gasteiger partial charge in [-0.3, -0.25) is 0 Å². The van der Waals surface area contributed by atoms with E-state index in [4.69, 9.17) is 9.47 Å². The molecule has 0 aromatic carbocycles. The Morgan fingerprint density at radius 2 is 2.28 bits per heavy atom. The van der Waals surface area contributed by atoms with Crippen LogP contribution in [0.15, 0.2) is 6.07 Å². The van der Waals surface area contributed by atoms with Gasteiger partial charge in [0, 0.05) is 11.8 Å². The van der Waals surface area contributed by atoms with Gasteiger partial charge in [-0.2, -0.15) is 4.98 Å². The maximum Gasteiger partial charge on any atom is 0.319 e. The van der Waals surface area contributed by atoms with E-state index in [1.807, 2.05) is 19.9 Å². The van der Waals surface area contributed by atoms with Crippen molar-refractivity contribution in [3.05, 3.63) is 11.8 Å². The van der Waals surface area contributed by atoms with E-state index < -0.39 is 0 Å². The minimum atomic E-state index is 0.421. The van der Waals surface area contributed by atoms with Crippen LogP contribution < -0.4 is 14.8 Å². The first kappa shape index (κ1) is 13.1. The van der Waals surface area contributed by atoms with Gasteiger partial charge in [-0.05, 0) is 45.7 Å². The minimum absolute atomic E-state index is 0.421. The summed E-state index contributed by atoms with van der Waals surface area (Å²) in [7, 11) is 0. The van der Waals surface area contributed by atoms with Gasteiger partial charge < -0.3 is 14.8 Å². The lowest BCUT2D eigenvalue weighted by atomic mass is 10.1. The summed E-state index contributed by atoms with van der Waals surface area (Å²) in [6.07, 6.45) is 2.29. The zero-order valence-electron chi connectivity index (χ0n) is 11.1. The smallest absolute Gasteiger partial charge is 0.319 e. The highest BCUT2D eigenvalue weighted by atomic mass is 16.5. The molecule has 1 atom stereocenters. The summed E-state index contributed by atoms with van der Waals surface area (Å²) in [6, 6.07) is 2.24. The summed E-state index contributed by atoms with van der Waals surface area (Å²) in [6.45, 7) is 7.34. The lowest BCUT2D eigenvalue weighted by Gasteiger charge is -2.10. The Hall–Kier alpha value is -1.36. The second-order valence-electron chi connectivity index (χ2n) is 4.56. The van der Waals surface area contributed by atoms with Gasteiger partial charge in [0.1, 0.15) is 0 Å². The van der Waals surface area contributed by atoms with E-state index >= 15 is 0 Å². The molecule has 5 nitrogen and oxygen atoms in total. The minimum Gasteiger partial charge on any atom is -0.478 e. The fourth-order valence-electron chi connectivity index (χ4n) is 2.08. The van der Waals surface area contributed by atoms with E-state index in [9.17, 15) is 0 Å². The Morgan fingerprint density at radius 3 is 3.00 bits per heavy atom. The molecule has 1 fully saturated rings. The number of ether oxygens (including phenoxy) is 2. The molecule has 100 valence electrons. The van der Waals surface area contributed by atoms with Gasteiger partial charge in [-0.15, -0.1) is 0 Å². The molecular weight excluding hydrogens is 230 g/mol. The first-order valence-electron chi connectivity index (χ1n) is 6.60. The van der Waals surface area contributed by atoms with E-state index in [0.717, 1.165) is 31.1 Å². The number of nitrogens with one attached hydrogen (secondary N) is 1. The third-order valence-electron chi connectivity index (χ3n) is 3.02.